The number of carbonyl (C=O) groups excluding carboxylic acids is 1. The molecule has 2 saturated heterocycles. The third-order valence-corrected chi connectivity index (χ3v) is 3.78. The molecule has 2 N–H and O–H groups in total. The Morgan fingerprint density at radius 2 is 1.87 bits per heavy atom. The molecule has 2 aliphatic heterocycles. The van der Waals surface area contributed by atoms with E-state index in [9.17, 15) is 4.79 Å². The summed E-state index contributed by atoms with van der Waals surface area (Å²) >= 11 is 0. The number of amides is 1. The highest BCUT2D eigenvalue weighted by atomic mass is 16.1. The molecule has 0 aromatic heterocycles. The van der Waals surface area contributed by atoms with Crippen molar-refractivity contribution in [2.45, 2.75) is 37.8 Å². The van der Waals surface area contributed by atoms with Gasteiger partial charge in [-0.1, -0.05) is 0 Å². The van der Waals surface area contributed by atoms with Gasteiger partial charge in [-0.2, -0.15) is 0 Å². The van der Waals surface area contributed by atoms with E-state index in [0.717, 1.165) is 32.5 Å². The standard InChI is InChI=1S/C11H21N3O/c1-13-7-4-9(5-8-13)14-6-2-3-10(14)11(12)15/h9-10H,2-8H2,1H3,(H2,12,15). The molecule has 0 spiro atoms. The van der Waals surface area contributed by atoms with E-state index in [4.69, 9.17) is 5.73 Å². The summed E-state index contributed by atoms with van der Waals surface area (Å²) in [5, 5.41) is 0. The summed E-state index contributed by atoms with van der Waals surface area (Å²) in [5.41, 5.74) is 5.43. The first kappa shape index (κ1) is 10.9. The van der Waals surface area contributed by atoms with Crippen molar-refractivity contribution >= 4 is 5.91 Å². The van der Waals surface area contributed by atoms with Crippen LogP contribution in [0.15, 0.2) is 0 Å². The number of primary amides is 1. The topological polar surface area (TPSA) is 49.6 Å². The van der Waals surface area contributed by atoms with Gasteiger partial charge in [-0.3, -0.25) is 9.69 Å². The van der Waals surface area contributed by atoms with Gasteiger partial charge in [-0.05, 0) is 52.4 Å². The molecular weight excluding hydrogens is 190 g/mol. The molecule has 15 heavy (non-hydrogen) atoms. The fraction of sp³-hybridized carbons (Fsp3) is 0.909. The second kappa shape index (κ2) is 4.49. The molecular formula is C11H21N3O. The second-order valence-electron chi connectivity index (χ2n) is 4.83. The summed E-state index contributed by atoms with van der Waals surface area (Å²) in [4.78, 5) is 16.0. The summed E-state index contributed by atoms with van der Waals surface area (Å²) in [5.74, 6) is -0.133. The Bertz CT molecular complexity index is 236. The Morgan fingerprint density at radius 3 is 2.47 bits per heavy atom. The highest BCUT2D eigenvalue weighted by Gasteiger charge is 2.34. The van der Waals surface area contributed by atoms with E-state index in [0.29, 0.717) is 6.04 Å². The van der Waals surface area contributed by atoms with Crippen LogP contribution >= 0.6 is 0 Å². The minimum absolute atomic E-state index is 0.0124. The van der Waals surface area contributed by atoms with E-state index in [1.807, 2.05) is 0 Å². The fourth-order valence-corrected chi connectivity index (χ4v) is 2.86. The predicted octanol–water partition coefficient (Wildman–Crippen LogP) is 0.0303. The van der Waals surface area contributed by atoms with Gasteiger partial charge in [0.25, 0.3) is 0 Å². The van der Waals surface area contributed by atoms with Crippen molar-refractivity contribution in [3.8, 4) is 0 Å². The number of carbonyl (C=O) groups is 1. The summed E-state index contributed by atoms with van der Waals surface area (Å²) in [7, 11) is 2.16. The fourth-order valence-electron chi connectivity index (χ4n) is 2.86. The van der Waals surface area contributed by atoms with Crippen LogP contribution in [0.2, 0.25) is 0 Å². The maximum absolute atomic E-state index is 11.3. The molecule has 86 valence electrons. The number of nitrogens with two attached hydrogens (primary N) is 1. The van der Waals surface area contributed by atoms with E-state index in [1.54, 1.807) is 0 Å². The zero-order chi connectivity index (χ0) is 10.8. The van der Waals surface area contributed by atoms with Crippen LogP contribution in [0.3, 0.4) is 0 Å². The van der Waals surface area contributed by atoms with Gasteiger partial charge in [0.2, 0.25) is 5.91 Å². The van der Waals surface area contributed by atoms with Crippen LogP contribution in [-0.4, -0.2) is 54.5 Å². The number of likely N-dealkylation sites (tertiary alicyclic amines) is 2. The largest absolute Gasteiger partial charge is 0.368 e. The van der Waals surface area contributed by atoms with E-state index < -0.39 is 0 Å². The van der Waals surface area contributed by atoms with Gasteiger partial charge in [0.05, 0.1) is 6.04 Å². The van der Waals surface area contributed by atoms with E-state index >= 15 is 0 Å². The lowest BCUT2D eigenvalue weighted by atomic mass is 10.0. The number of piperidine rings is 1. The van der Waals surface area contributed by atoms with Gasteiger partial charge in [-0.15, -0.1) is 0 Å². The minimum Gasteiger partial charge on any atom is -0.368 e. The Balaban J connectivity index is 1.94. The summed E-state index contributed by atoms with van der Waals surface area (Å²) in [6.45, 7) is 3.35. The quantitative estimate of drug-likeness (QED) is 0.701. The zero-order valence-electron chi connectivity index (χ0n) is 9.48. The van der Waals surface area contributed by atoms with Gasteiger partial charge in [0, 0.05) is 6.04 Å². The van der Waals surface area contributed by atoms with Crippen LogP contribution in [-0.2, 0) is 4.79 Å². The lowest BCUT2D eigenvalue weighted by Crippen LogP contribution is -2.49. The van der Waals surface area contributed by atoms with Crippen LogP contribution in [0.5, 0.6) is 0 Å². The maximum Gasteiger partial charge on any atom is 0.234 e. The minimum atomic E-state index is -0.133. The molecule has 0 aromatic rings. The smallest absolute Gasteiger partial charge is 0.234 e. The first-order chi connectivity index (χ1) is 7.18. The highest BCUT2D eigenvalue weighted by Crippen LogP contribution is 2.25. The molecule has 2 rings (SSSR count). The molecule has 2 heterocycles. The number of hydrogen-bond acceptors (Lipinski definition) is 3. The molecule has 2 fully saturated rings. The lowest BCUT2D eigenvalue weighted by Gasteiger charge is -2.37. The molecule has 4 heteroatoms. The maximum atomic E-state index is 11.3. The summed E-state index contributed by atoms with van der Waals surface area (Å²) in [6.07, 6.45) is 4.45. The van der Waals surface area contributed by atoms with E-state index in [1.165, 1.54) is 12.8 Å². The van der Waals surface area contributed by atoms with Gasteiger partial charge in [-0.25, -0.2) is 0 Å². The summed E-state index contributed by atoms with van der Waals surface area (Å²) < 4.78 is 0. The van der Waals surface area contributed by atoms with Crippen molar-refractivity contribution < 1.29 is 4.79 Å². The first-order valence-electron chi connectivity index (χ1n) is 5.92. The first-order valence-corrected chi connectivity index (χ1v) is 5.92. The van der Waals surface area contributed by atoms with Crippen LogP contribution in [0, 0.1) is 0 Å². The van der Waals surface area contributed by atoms with Crippen molar-refractivity contribution in [3.05, 3.63) is 0 Å². The SMILES string of the molecule is CN1CCC(N2CCCC2C(N)=O)CC1. The Morgan fingerprint density at radius 1 is 1.20 bits per heavy atom. The molecule has 0 aliphatic carbocycles. The Hall–Kier alpha value is -0.610. The Labute approximate surface area is 91.4 Å². The third kappa shape index (κ3) is 2.32. The third-order valence-electron chi connectivity index (χ3n) is 3.78. The van der Waals surface area contributed by atoms with Crippen LogP contribution in [0.25, 0.3) is 0 Å². The molecule has 2 aliphatic rings. The van der Waals surface area contributed by atoms with Crippen molar-refractivity contribution in [1.82, 2.24) is 9.80 Å². The molecule has 0 saturated carbocycles. The monoisotopic (exact) mass is 211 g/mol. The number of hydrogen-bond donors (Lipinski definition) is 1. The van der Waals surface area contributed by atoms with Crippen molar-refractivity contribution in [2.75, 3.05) is 26.7 Å². The molecule has 4 nitrogen and oxygen atoms in total. The van der Waals surface area contributed by atoms with E-state index in [-0.39, 0.29) is 11.9 Å². The van der Waals surface area contributed by atoms with Gasteiger partial charge < -0.3 is 10.6 Å². The number of rotatable bonds is 2. The van der Waals surface area contributed by atoms with Crippen LogP contribution in [0.1, 0.15) is 25.7 Å². The molecule has 0 aromatic carbocycles. The van der Waals surface area contributed by atoms with Gasteiger partial charge in [0.1, 0.15) is 0 Å². The summed E-state index contributed by atoms with van der Waals surface area (Å²) in [6, 6.07) is 0.597. The van der Waals surface area contributed by atoms with Crippen LogP contribution in [0.4, 0.5) is 0 Å². The predicted molar refractivity (Wildman–Crippen MR) is 59.4 cm³/mol. The lowest BCUT2D eigenvalue weighted by molar-refractivity contribution is -0.123. The second-order valence-corrected chi connectivity index (χ2v) is 4.83. The van der Waals surface area contributed by atoms with Crippen LogP contribution < -0.4 is 5.73 Å². The average molecular weight is 211 g/mol. The molecule has 0 radical (unpaired) electrons. The van der Waals surface area contributed by atoms with Crippen molar-refractivity contribution in [3.63, 3.8) is 0 Å². The van der Waals surface area contributed by atoms with E-state index in [2.05, 4.69) is 16.8 Å². The van der Waals surface area contributed by atoms with Gasteiger partial charge in [0.15, 0.2) is 0 Å². The molecule has 1 amide bonds. The van der Waals surface area contributed by atoms with Crippen molar-refractivity contribution in [1.29, 1.82) is 0 Å². The number of nitrogens with zero attached hydrogens (tertiary/aromatic N) is 2. The zero-order valence-corrected chi connectivity index (χ0v) is 9.48. The average Bonchev–Trinajstić information content (AvgIpc) is 2.67. The Kier molecular flexibility index (Phi) is 3.26. The normalized spacial score (nSPS) is 30.9. The molecule has 0 bridgehead atoms. The van der Waals surface area contributed by atoms with Crippen molar-refractivity contribution in [2.24, 2.45) is 5.73 Å². The molecule has 1 unspecified atom stereocenters. The van der Waals surface area contributed by atoms with Gasteiger partial charge >= 0.3 is 0 Å². The molecule has 1 atom stereocenters. The highest BCUT2D eigenvalue weighted by molar-refractivity contribution is 5.80.